The van der Waals surface area contributed by atoms with Crippen molar-refractivity contribution in [3.63, 3.8) is 0 Å². The van der Waals surface area contributed by atoms with Crippen molar-refractivity contribution < 1.29 is 5.11 Å². The summed E-state index contributed by atoms with van der Waals surface area (Å²) in [6.45, 7) is -0.0378. The molecule has 0 saturated carbocycles. The molecule has 0 aliphatic carbocycles. The Morgan fingerprint density at radius 2 is 2.00 bits per heavy atom. The van der Waals surface area contributed by atoms with Crippen LogP contribution in [0.25, 0.3) is 0 Å². The first kappa shape index (κ1) is 9.03. The lowest BCUT2D eigenvalue weighted by molar-refractivity contribution is 0.282. The highest BCUT2D eigenvalue weighted by Gasteiger charge is 2.03. The number of aliphatic hydroxyl groups excluding tert-OH is 1. The van der Waals surface area contributed by atoms with E-state index in [4.69, 9.17) is 10.8 Å². The molecule has 0 saturated heterocycles. The van der Waals surface area contributed by atoms with Crippen LogP contribution in [0.1, 0.15) is 5.56 Å². The van der Waals surface area contributed by atoms with Crippen molar-refractivity contribution in [2.24, 2.45) is 0 Å². The van der Waals surface area contributed by atoms with Gasteiger partial charge in [-0.2, -0.15) is 0 Å². The molecule has 1 aromatic rings. The van der Waals surface area contributed by atoms with Gasteiger partial charge in [0.25, 0.3) is 0 Å². The molecule has 0 spiro atoms. The van der Waals surface area contributed by atoms with Gasteiger partial charge in [-0.3, -0.25) is 0 Å². The molecule has 4 heteroatoms. The third kappa shape index (κ3) is 1.95. The first-order valence-corrected chi connectivity index (χ1v) is 4.58. The number of anilines is 1. The summed E-state index contributed by atoms with van der Waals surface area (Å²) in [6.07, 6.45) is 0. The minimum atomic E-state index is -0.0378. The maximum atomic E-state index is 8.85. The second-order valence-corrected chi connectivity index (χ2v) is 3.89. The Labute approximate surface area is 81.7 Å². The SMILES string of the molecule is Nc1c(Br)cc(Br)cc1CO. The van der Waals surface area contributed by atoms with Crippen LogP contribution in [0, 0.1) is 0 Å². The number of nitrogen functional groups attached to an aromatic ring is 1. The van der Waals surface area contributed by atoms with Crippen LogP contribution in [0.4, 0.5) is 5.69 Å². The lowest BCUT2D eigenvalue weighted by Gasteiger charge is -2.04. The van der Waals surface area contributed by atoms with Crippen molar-refractivity contribution in [2.75, 3.05) is 5.73 Å². The van der Waals surface area contributed by atoms with Gasteiger partial charge in [-0.1, -0.05) is 15.9 Å². The molecule has 3 N–H and O–H groups in total. The molecule has 0 heterocycles. The van der Waals surface area contributed by atoms with Crippen molar-refractivity contribution in [3.05, 3.63) is 26.6 Å². The number of halogens is 2. The second-order valence-electron chi connectivity index (χ2n) is 2.12. The smallest absolute Gasteiger partial charge is 0.0702 e. The molecule has 0 radical (unpaired) electrons. The largest absolute Gasteiger partial charge is 0.398 e. The van der Waals surface area contributed by atoms with Gasteiger partial charge < -0.3 is 10.8 Å². The van der Waals surface area contributed by atoms with Crippen molar-refractivity contribution in [2.45, 2.75) is 6.61 Å². The minimum absolute atomic E-state index is 0.0378. The van der Waals surface area contributed by atoms with E-state index in [2.05, 4.69) is 31.9 Å². The Morgan fingerprint density at radius 1 is 1.36 bits per heavy atom. The number of benzene rings is 1. The Bertz CT molecular complexity index is 275. The van der Waals surface area contributed by atoms with Crippen molar-refractivity contribution in [1.82, 2.24) is 0 Å². The maximum Gasteiger partial charge on any atom is 0.0702 e. The molecule has 0 unspecified atom stereocenters. The highest BCUT2D eigenvalue weighted by Crippen LogP contribution is 2.27. The number of hydrogen-bond acceptors (Lipinski definition) is 2. The van der Waals surface area contributed by atoms with Crippen LogP contribution in [-0.4, -0.2) is 5.11 Å². The normalized spacial score (nSPS) is 10.1. The Morgan fingerprint density at radius 3 is 2.55 bits per heavy atom. The van der Waals surface area contributed by atoms with Crippen LogP contribution in [0.5, 0.6) is 0 Å². The van der Waals surface area contributed by atoms with Crippen molar-refractivity contribution in [1.29, 1.82) is 0 Å². The van der Waals surface area contributed by atoms with E-state index in [0.29, 0.717) is 5.69 Å². The predicted molar refractivity (Wildman–Crippen MR) is 52.2 cm³/mol. The highest BCUT2D eigenvalue weighted by molar-refractivity contribution is 9.11. The topological polar surface area (TPSA) is 46.2 Å². The quantitative estimate of drug-likeness (QED) is 0.776. The third-order valence-corrected chi connectivity index (χ3v) is 2.46. The van der Waals surface area contributed by atoms with E-state index in [0.717, 1.165) is 14.5 Å². The summed E-state index contributed by atoms with van der Waals surface area (Å²) in [7, 11) is 0. The monoisotopic (exact) mass is 279 g/mol. The molecular formula is C7H7Br2NO. The van der Waals surface area contributed by atoms with Crippen LogP contribution in [0.3, 0.4) is 0 Å². The molecule has 0 bridgehead atoms. The minimum Gasteiger partial charge on any atom is -0.398 e. The van der Waals surface area contributed by atoms with Gasteiger partial charge >= 0.3 is 0 Å². The molecule has 1 rings (SSSR count). The summed E-state index contributed by atoms with van der Waals surface area (Å²) in [6, 6.07) is 3.63. The molecule has 0 amide bonds. The zero-order valence-electron chi connectivity index (χ0n) is 5.64. The summed E-state index contributed by atoms with van der Waals surface area (Å²) in [5, 5.41) is 8.85. The highest BCUT2D eigenvalue weighted by atomic mass is 79.9. The third-order valence-electron chi connectivity index (χ3n) is 1.35. The standard InChI is InChI=1S/C7H7Br2NO/c8-5-1-4(3-11)7(10)6(9)2-5/h1-2,11H,3,10H2. The summed E-state index contributed by atoms with van der Waals surface area (Å²) >= 11 is 6.56. The zero-order chi connectivity index (χ0) is 8.43. The van der Waals surface area contributed by atoms with E-state index < -0.39 is 0 Å². The van der Waals surface area contributed by atoms with Gasteiger partial charge in [0.1, 0.15) is 0 Å². The first-order valence-electron chi connectivity index (χ1n) is 2.99. The van der Waals surface area contributed by atoms with Gasteiger partial charge in [0.15, 0.2) is 0 Å². The van der Waals surface area contributed by atoms with E-state index in [9.17, 15) is 0 Å². The molecule has 0 aliphatic rings. The molecule has 60 valence electrons. The fraction of sp³-hybridized carbons (Fsp3) is 0.143. The van der Waals surface area contributed by atoms with Crippen LogP contribution in [-0.2, 0) is 6.61 Å². The summed E-state index contributed by atoms with van der Waals surface area (Å²) < 4.78 is 1.71. The first-order chi connectivity index (χ1) is 5.15. The number of aliphatic hydroxyl groups is 1. The van der Waals surface area contributed by atoms with Crippen LogP contribution < -0.4 is 5.73 Å². The summed E-state index contributed by atoms with van der Waals surface area (Å²) in [5.41, 5.74) is 6.96. The molecule has 11 heavy (non-hydrogen) atoms. The second kappa shape index (κ2) is 3.56. The number of nitrogens with two attached hydrogens (primary N) is 1. The summed E-state index contributed by atoms with van der Waals surface area (Å²) in [5.74, 6) is 0. The van der Waals surface area contributed by atoms with E-state index in [1.165, 1.54) is 0 Å². The molecule has 1 aromatic carbocycles. The molecular weight excluding hydrogens is 274 g/mol. The summed E-state index contributed by atoms with van der Waals surface area (Å²) in [4.78, 5) is 0. The lowest BCUT2D eigenvalue weighted by Crippen LogP contribution is -1.95. The van der Waals surface area contributed by atoms with E-state index in [1.807, 2.05) is 6.07 Å². The molecule has 0 aromatic heterocycles. The average molecular weight is 281 g/mol. The Kier molecular flexibility index (Phi) is 2.92. The molecule has 0 aliphatic heterocycles. The fourth-order valence-corrected chi connectivity index (χ4v) is 2.08. The van der Waals surface area contributed by atoms with E-state index in [-0.39, 0.29) is 6.61 Å². The van der Waals surface area contributed by atoms with Gasteiger partial charge in [-0.05, 0) is 28.1 Å². The number of rotatable bonds is 1. The molecule has 2 nitrogen and oxygen atoms in total. The van der Waals surface area contributed by atoms with Gasteiger partial charge in [0.05, 0.1) is 12.3 Å². The van der Waals surface area contributed by atoms with E-state index in [1.54, 1.807) is 6.07 Å². The van der Waals surface area contributed by atoms with Crippen LogP contribution in [0.15, 0.2) is 21.1 Å². The molecule has 0 fully saturated rings. The average Bonchev–Trinajstić information content (AvgIpc) is 1.96. The van der Waals surface area contributed by atoms with E-state index >= 15 is 0 Å². The molecule has 0 atom stereocenters. The van der Waals surface area contributed by atoms with Crippen molar-refractivity contribution >= 4 is 37.5 Å². The lowest BCUT2D eigenvalue weighted by atomic mass is 10.2. The number of hydrogen-bond donors (Lipinski definition) is 2. The van der Waals surface area contributed by atoms with Crippen LogP contribution in [0.2, 0.25) is 0 Å². The Balaban J connectivity index is 3.24. The fourth-order valence-electron chi connectivity index (χ4n) is 0.769. The van der Waals surface area contributed by atoms with Crippen molar-refractivity contribution in [3.8, 4) is 0 Å². The Hall–Kier alpha value is -0.0600. The maximum absolute atomic E-state index is 8.85. The van der Waals surface area contributed by atoms with Gasteiger partial charge in [0, 0.05) is 14.5 Å². The van der Waals surface area contributed by atoms with Gasteiger partial charge in [-0.15, -0.1) is 0 Å². The van der Waals surface area contributed by atoms with Gasteiger partial charge in [-0.25, -0.2) is 0 Å². The van der Waals surface area contributed by atoms with Gasteiger partial charge in [0.2, 0.25) is 0 Å². The predicted octanol–water partition coefficient (Wildman–Crippen LogP) is 2.29. The van der Waals surface area contributed by atoms with Crippen LogP contribution >= 0.6 is 31.9 Å². The zero-order valence-corrected chi connectivity index (χ0v) is 8.81.